The average molecular weight is 1520 g/mol. The van der Waals surface area contributed by atoms with Crippen molar-refractivity contribution in [1.29, 1.82) is 0 Å². The van der Waals surface area contributed by atoms with Crippen LogP contribution in [0.25, 0.3) is 0 Å². The number of aliphatic hydroxyl groups is 1. The lowest BCUT2D eigenvalue weighted by atomic mass is 10.0. The molecule has 0 aliphatic carbocycles. The van der Waals surface area contributed by atoms with Crippen LogP contribution in [-0.2, 0) is 65.4 Å². The summed E-state index contributed by atoms with van der Waals surface area (Å²) in [7, 11) is -9.93. The van der Waals surface area contributed by atoms with E-state index in [0.29, 0.717) is 31.6 Å². The molecule has 0 aliphatic heterocycles. The minimum atomic E-state index is -4.97. The number of carbonyl (C=O) groups excluding carboxylic acids is 4. The van der Waals surface area contributed by atoms with Crippen LogP contribution < -0.4 is 0 Å². The Labute approximate surface area is 638 Å². The minimum Gasteiger partial charge on any atom is -0.462 e. The van der Waals surface area contributed by atoms with E-state index in [1.165, 1.54) is 263 Å². The molecule has 0 aromatic heterocycles. The number of aliphatic hydroxyl groups excluding tert-OH is 1. The van der Waals surface area contributed by atoms with Gasteiger partial charge in [0.1, 0.15) is 19.3 Å². The molecule has 17 nitrogen and oxygen atoms in total. The fourth-order valence-electron chi connectivity index (χ4n) is 13.2. The second kappa shape index (κ2) is 76.4. The van der Waals surface area contributed by atoms with Gasteiger partial charge in [0, 0.05) is 25.7 Å². The van der Waals surface area contributed by atoms with Gasteiger partial charge in [-0.25, -0.2) is 9.13 Å². The lowest BCUT2D eigenvalue weighted by molar-refractivity contribution is -0.161. The second-order valence-electron chi connectivity index (χ2n) is 31.5. The fourth-order valence-corrected chi connectivity index (χ4v) is 14.8. The summed E-state index contributed by atoms with van der Waals surface area (Å²) < 4.78 is 68.8. The first-order valence-corrected chi connectivity index (χ1v) is 47.0. The number of hydrogen-bond acceptors (Lipinski definition) is 15. The van der Waals surface area contributed by atoms with Crippen molar-refractivity contribution in [2.45, 2.75) is 471 Å². The van der Waals surface area contributed by atoms with Crippen LogP contribution in [-0.4, -0.2) is 96.7 Å². The highest BCUT2D eigenvalue weighted by molar-refractivity contribution is 7.47. The van der Waals surface area contributed by atoms with E-state index in [1.54, 1.807) is 0 Å². The summed E-state index contributed by atoms with van der Waals surface area (Å²) in [5.74, 6) is -0.586. The number of esters is 4. The molecule has 2 unspecified atom stereocenters. The van der Waals surface area contributed by atoms with Crippen LogP contribution in [0.15, 0.2) is 0 Å². The third kappa shape index (κ3) is 78.2. The Morgan fingerprint density at radius 3 is 0.654 bits per heavy atom. The first kappa shape index (κ1) is 102. The van der Waals surface area contributed by atoms with Gasteiger partial charge in [0.2, 0.25) is 0 Å². The smallest absolute Gasteiger partial charge is 0.462 e. The summed E-state index contributed by atoms with van der Waals surface area (Å²) >= 11 is 0. The molecular formula is C85H166O17P2. The zero-order chi connectivity index (χ0) is 76.4. The van der Waals surface area contributed by atoms with Crippen LogP contribution >= 0.6 is 15.6 Å². The summed E-state index contributed by atoms with van der Waals surface area (Å²) in [4.78, 5) is 73.2. The van der Waals surface area contributed by atoms with Gasteiger partial charge in [0.05, 0.1) is 26.4 Å². The monoisotopic (exact) mass is 1520 g/mol. The highest BCUT2D eigenvalue weighted by atomic mass is 31.2. The van der Waals surface area contributed by atoms with E-state index in [2.05, 4.69) is 41.5 Å². The Balaban J connectivity index is 5.23. The average Bonchev–Trinajstić information content (AvgIpc) is 1.14. The first-order chi connectivity index (χ1) is 50.4. The maximum absolute atomic E-state index is 13.1. The zero-order valence-electron chi connectivity index (χ0n) is 68.3. The second-order valence-corrected chi connectivity index (χ2v) is 34.4. The SMILES string of the molecule is CCCCCCCCCCCCCCCCCCCCCCC(=O)O[C@H](COC(=O)CCCCCCCCCCCCCCCCCCC(C)C)COP(=O)(O)OC[C@@H](O)COP(=O)(O)OC[C@@H](COC(=O)CCCCCCCCCC(C)C)OC(=O)CCCCCCCCCCCCCCCCC. The number of carbonyl (C=O) groups is 4. The van der Waals surface area contributed by atoms with Crippen LogP contribution in [0.5, 0.6) is 0 Å². The topological polar surface area (TPSA) is 237 Å². The molecule has 0 saturated carbocycles. The predicted octanol–water partition coefficient (Wildman–Crippen LogP) is 25.8. The van der Waals surface area contributed by atoms with Crippen LogP contribution in [0.4, 0.5) is 0 Å². The number of phosphoric ester groups is 2. The van der Waals surface area contributed by atoms with Gasteiger partial charge in [-0.3, -0.25) is 37.3 Å². The predicted molar refractivity (Wildman–Crippen MR) is 428 cm³/mol. The van der Waals surface area contributed by atoms with Crippen molar-refractivity contribution < 1.29 is 80.2 Å². The van der Waals surface area contributed by atoms with Gasteiger partial charge in [-0.2, -0.15) is 0 Å². The summed E-state index contributed by atoms with van der Waals surface area (Å²) in [5.41, 5.74) is 0. The maximum Gasteiger partial charge on any atom is 0.472 e. The quantitative estimate of drug-likeness (QED) is 0.0222. The molecule has 0 spiro atoms. The third-order valence-electron chi connectivity index (χ3n) is 20.0. The molecule has 618 valence electrons. The molecule has 19 heteroatoms. The van der Waals surface area contributed by atoms with Crippen LogP contribution in [0.2, 0.25) is 0 Å². The normalized spacial score (nSPS) is 13.8. The molecule has 0 fully saturated rings. The standard InChI is InChI=1S/C85H166O17P2/c1-7-9-11-13-15-17-19-21-23-24-25-26-27-33-37-41-45-51-58-64-70-84(89)101-80(73-95-82(87)67-61-55-49-43-39-35-32-29-28-31-34-38-42-47-53-59-65-77(3)4)75-99-103(91,92)97-71-79(86)72-98-104(93,94)100-76-81(74-96-83(88)68-62-56-52-46-48-54-60-66-78(5)6)102-85(90)69-63-57-50-44-40-36-30-22-20-18-16-14-12-10-8-2/h77-81,86H,7-76H2,1-6H3,(H,91,92)(H,93,94)/t79-,80-,81-/m1/s1. The highest BCUT2D eigenvalue weighted by Gasteiger charge is 2.30. The molecule has 0 aromatic carbocycles. The molecule has 0 aromatic rings. The van der Waals surface area contributed by atoms with E-state index >= 15 is 0 Å². The molecular weight excluding hydrogens is 1350 g/mol. The summed E-state index contributed by atoms with van der Waals surface area (Å²) in [6, 6.07) is 0. The van der Waals surface area contributed by atoms with Gasteiger partial charge in [-0.15, -0.1) is 0 Å². The molecule has 0 radical (unpaired) electrons. The Bertz CT molecular complexity index is 1990. The van der Waals surface area contributed by atoms with Gasteiger partial charge in [-0.05, 0) is 37.5 Å². The first-order valence-electron chi connectivity index (χ1n) is 44.0. The Morgan fingerprint density at radius 2 is 0.442 bits per heavy atom. The number of phosphoric acid groups is 2. The lowest BCUT2D eigenvalue weighted by Crippen LogP contribution is -2.30. The van der Waals surface area contributed by atoms with Crippen LogP contribution in [0.1, 0.15) is 452 Å². The van der Waals surface area contributed by atoms with E-state index in [9.17, 15) is 43.2 Å². The van der Waals surface area contributed by atoms with Crippen LogP contribution in [0.3, 0.4) is 0 Å². The summed E-state index contributed by atoms with van der Waals surface area (Å²) in [5, 5.41) is 10.7. The largest absolute Gasteiger partial charge is 0.472 e. The number of ether oxygens (including phenoxy) is 4. The van der Waals surface area contributed by atoms with E-state index in [-0.39, 0.29) is 25.7 Å². The van der Waals surface area contributed by atoms with Crippen molar-refractivity contribution in [2.24, 2.45) is 11.8 Å². The van der Waals surface area contributed by atoms with Gasteiger partial charge < -0.3 is 33.8 Å². The van der Waals surface area contributed by atoms with Crippen molar-refractivity contribution in [1.82, 2.24) is 0 Å². The Hall–Kier alpha value is -1.94. The van der Waals surface area contributed by atoms with E-state index in [0.717, 1.165) is 102 Å². The molecule has 0 aliphatic rings. The van der Waals surface area contributed by atoms with Crippen molar-refractivity contribution in [2.75, 3.05) is 39.6 Å². The Kier molecular flexibility index (Phi) is 75.0. The lowest BCUT2D eigenvalue weighted by Gasteiger charge is -2.21. The van der Waals surface area contributed by atoms with E-state index in [4.69, 9.17) is 37.0 Å². The molecule has 3 N–H and O–H groups in total. The minimum absolute atomic E-state index is 0.108. The highest BCUT2D eigenvalue weighted by Crippen LogP contribution is 2.45. The number of rotatable bonds is 84. The number of unbranched alkanes of at least 4 members (excludes halogenated alkanes) is 54. The van der Waals surface area contributed by atoms with Gasteiger partial charge >= 0.3 is 39.5 Å². The maximum atomic E-state index is 13.1. The summed E-state index contributed by atoms with van der Waals surface area (Å²) in [6.45, 7) is 9.64. The molecule has 0 amide bonds. The van der Waals surface area contributed by atoms with Gasteiger partial charge in [-0.1, -0.05) is 401 Å². The van der Waals surface area contributed by atoms with Crippen LogP contribution in [0, 0.1) is 11.8 Å². The number of hydrogen-bond donors (Lipinski definition) is 3. The zero-order valence-corrected chi connectivity index (χ0v) is 70.1. The molecule has 104 heavy (non-hydrogen) atoms. The molecule has 0 heterocycles. The summed E-state index contributed by atoms with van der Waals surface area (Å²) in [6.07, 6.45) is 68.1. The molecule has 5 atom stereocenters. The van der Waals surface area contributed by atoms with Gasteiger partial charge in [0.25, 0.3) is 0 Å². The molecule has 0 saturated heterocycles. The molecule has 0 bridgehead atoms. The van der Waals surface area contributed by atoms with Crippen molar-refractivity contribution in [3.63, 3.8) is 0 Å². The fraction of sp³-hybridized carbons (Fsp3) is 0.953. The van der Waals surface area contributed by atoms with Crippen molar-refractivity contribution in [3.05, 3.63) is 0 Å². The molecule has 0 rings (SSSR count). The van der Waals surface area contributed by atoms with Crippen molar-refractivity contribution in [3.8, 4) is 0 Å². The van der Waals surface area contributed by atoms with E-state index in [1.807, 2.05) is 0 Å². The van der Waals surface area contributed by atoms with Gasteiger partial charge in [0.15, 0.2) is 12.2 Å². The third-order valence-corrected chi connectivity index (χ3v) is 21.9. The van der Waals surface area contributed by atoms with Crippen molar-refractivity contribution >= 4 is 39.5 Å². The van der Waals surface area contributed by atoms with E-state index < -0.39 is 97.5 Å². The Morgan fingerprint density at radius 1 is 0.260 bits per heavy atom.